The summed E-state index contributed by atoms with van der Waals surface area (Å²) in [6.07, 6.45) is 0. The maximum absolute atomic E-state index is 12.6. The number of fused-ring (bicyclic) bond motifs is 1. The zero-order valence-corrected chi connectivity index (χ0v) is 19.5. The van der Waals surface area contributed by atoms with Crippen molar-refractivity contribution in [2.75, 3.05) is 29.2 Å². The van der Waals surface area contributed by atoms with E-state index in [-0.39, 0.29) is 30.2 Å². The Hall–Kier alpha value is -3.53. The predicted molar refractivity (Wildman–Crippen MR) is 126 cm³/mol. The number of amides is 2. The number of ether oxygens (including phenoxy) is 2. The molecule has 172 valence electrons. The molecular weight excluding hydrogens is 442 g/mol. The lowest BCUT2D eigenvalue weighted by Gasteiger charge is -2.33. The molecule has 4 rings (SSSR count). The van der Waals surface area contributed by atoms with Crippen LogP contribution in [0.2, 0.25) is 0 Å². The predicted octanol–water partition coefficient (Wildman–Crippen LogP) is 3.43. The quantitative estimate of drug-likeness (QED) is 0.507. The SMILES string of the molecule is CCOc1ccc(NC(=O)CSc2nnc([C@H](C)N3C(=O)COc4ccccc43)n2C)cc1. The van der Waals surface area contributed by atoms with E-state index in [1.807, 2.05) is 61.9 Å². The molecule has 10 heteroatoms. The second kappa shape index (κ2) is 9.95. The molecule has 1 aliphatic rings. The van der Waals surface area contributed by atoms with E-state index >= 15 is 0 Å². The molecule has 0 radical (unpaired) electrons. The van der Waals surface area contributed by atoms with Crippen LogP contribution in [-0.2, 0) is 16.6 Å². The van der Waals surface area contributed by atoms with Crippen LogP contribution in [0.25, 0.3) is 0 Å². The highest BCUT2D eigenvalue weighted by atomic mass is 32.2. The summed E-state index contributed by atoms with van der Waals surface area (Å²) >= 11 is 1.28. The first kappa shape index (κ1) is 22.7. The summed E-state index contributed by atoms with van der Waals surface area (Å²) in [5.41, 5.74) is 1.40. The highest BCUT2D eigenvalue weighted by molar-refractivity contribution is 7.99. The van der Waals surface area contributed by atoms with Gasteiger partial charge in [0, 0.05) is 12.7 Å². The number of nitrogens with zero attached hydrogens (tertiary/aromatic N) is 4. The lowest BCUT2D eigenvalue weighted by Crippen LogP contribution is -2.41. The summed E-state index contributed by atoms with van der Waals surface area (Å²) in [5.74, 6) is 1.91. The number of hydrogen-bond acceptors (Lipinski definition) is 7. The summed E-state index contributed by atoms with van der Waals surface area (Å²) in [5, 5.41) is 12.0. The van der Waals surface area contributed by atoms with E-state index in [1.54, 1.807) is 17.0 Å². The van der Waals surface area contributed by atoms with E-state index in [0.29, 0.717) is 34.7 Å². The zero-order chi connectivity index (χ0) is 23.4. The van der Waals surface area contributed by atoms with Gasteiger partial charge in [0.2, 0.25) is 5.91 Å². The summed E-state index contributed by atoms with van der Waals surface area (Å²) in [7, 11) is 1.83. The van der Waals surface area contributed by atoms with Gasteiger partial charge in [0.15, 0.2) is 17.6 Å². The number of para-hydroxylation sites is 2. The molecule has 1 aromatic heterocycles. The number of aromatic nitrogens is 3. The van der Waals surface area contributed by atoms with Crippen molar-refractivity contribution in [3.8, 4) is 11.5 Å². The second-order valence-electron chi connectivity index (χ2n) is 7.39. The Labute approximate surface area is 196 Å². The number of carbonyl (C=O) groups is 2. The van der Waals surface area contributed by atoms with Gasteiger partial charge in [-0.2, -0.15) is 0 Å². The van der Waals surface area contributed by atoms with Crippen LogP contribution in [0.4, 0.5) is 11.4 Å². The van der Waals surface area contributed by atoms with Gasteiger partial charge in [0.1, 0.15) is 11.5 Å². The van der Waals surface area contributed by atoms with Crippen LogP contribution in [0.15, 0.2) is 53.7 Å². The van der Waals surface area contributed by atoms with Crippen molar-refractivity contribution >= 4 is 35.0 Å². The third-order valence-corrected chi connectivity index (χ3v) is 6.18. The molecule has 2 amide bonds. The van der Waals surface area contributed by atoms with Crippen molar-refractivity contribution in [1.29, 1.82) is 0 Å². The van der Waals surface area contributed by atoms with Crippen LogP contribution in [0.3, 0.4) is 0 Å². The van der Waals surface area contributed by atoms with Gasteiger partial charge >= 0.3 is 0 Å². The molecule has 2 heterocycles. The molecule has 2 aromatic carbocycles. The summed E-state index contributed by atoms with van der Waals surface area (Å²) in [4.78, 5) is 26.7. The van der Waals surface area contributed by atoms with Crippen molar-refractivity contribution in [1.82, 2.24) is 14.8 Å². The highest BCUT2D eigenvalue weighted by Gasteiger charge is 2.32. The third kappa shape index (κ3) is 4.95. The lowest BCUT2D eigenvalue weighted by atomic mass is 10.1. The Morgan fingerprint density at radius 3 is 2.73 bits per heavy atom. The van der Waals surface area contributed by atoms with E-state index in [1.165, 1.54) is 11.8 Å². The van der Waals surface area contributed by atoms with Crippen LogP contribution in [-0.4, -0.2) is 45.5 Å². The van der Waals surface area contributed by atoms with Crippen LogP contribution in [0, 0.1) is 0 Å². The van der Waals surface area contributed by atoms with Gasteiger partial charge in [0.05, 0.1) is 24.1 Å². The fourth-order valence-corrected chi connectivity index (χ4v) is 4.32. The van der Waals surface area contributed by atoms with Crippen LogP contribution in [0.1, 0.15) is 25.7 Å². The molecule has 0 spiro atoms. The van der Waals surface area contributed by atoms with E-state index in [9.17, 15) is 9.59 Å². The molecule has 9 nitrogen and oxygen atoms in total. The number of carbonyl (C=O) groups excluding carboxylic acids is 2. The zero-order valence-electron chi connectivity index (χ0n) is 18.6. The molecule has 0 aliphatic carbocycles. The number of thioether (sulfide) groups is 1. The van der Waals surface area contributed by atoms with Gasteiger partial charge in [-0.25, -0.2) is 0 Å². The number of rotatable bonds is 8. The van der Waals surface area contributed by atoms with Gasteiger partial charge in [0.25, 0.3) is 5.91 Å². The minimum absolute atomic E-state index is 0.0213. The molecular formula is C23H25N5O4S. The molecule has 3 aromatic rings. The Bertz CT molecular complexity index is 1150. The van der Waals surface area contributed by atoms with Crippen LogP contribution < -0.4 is 19.7 Å². The molecule has 0 bridgehead atoms. The smallest absolute Gasteiger partial charge is 0.265 e. The molecule has 0 fully saturated rings. The third-order valence-electron chi connectivity index (χ3n) is 5.16. The lowest BCUT2D eigenvalue weighted by molar-refractivity contribution is -0.121. The number of nitrogens with one attached hydrogen (secondary N) is 1. The number of hydrogen-bond donors (Lipinski definition) is 1. The van der Waals surface area contributed by atoms with Crippen molar-refractivity contribution in [3.05, 3.63) is 54.4 Å². The maximum atomic E-state index is 12.6. The van der Waals surface area contributed by atoms with Crippen molar-refractivity contribution < 1.29 is 19.1 Å². The van der Waals surface area contributed by atoms with Crippen molar-refractivity contribution in [2.45, 2.75) is 25.0 Å². The van der Waals surface area contributed by atoms with Gasteiger partial charge in [-0.15, -0.1) is 10.2 Å². The average molecular weight is 468 g/mol. The molecule has 1 atom stereocenters. The van der Waals surface area contributed by atoms with E-state index in [2.05, 4.69) is 15.5 Å². The fraction of sp³-hybridized carbons (Fsp3) is 0.304. The van der Waals surface area contributed by atoms with Gasteiger partial charge < -0.3 is 19.4 Å². The minimum atomic E-state index is -0.355. The minimum Gasteiger partial charge on any atom is -0.494 e. The Balaban J connectivity index is 1.41. The van der Waals surface area contributed by atoms with Gasteiger partial charge in [-0.1, -0.05) is 23.9 Å². The molecule has 0 saturated heterocycles. The van der Waals surface area contributed by atoms with E-state index in [0.717, 1.165) is 5.75 Å². The summed E-state index contributed by atoms with van der Waals surface area (Å²) in [6, 6.07) is 14.3. The second-order valence-corrected chi connectivity index (χ2v) is 8.33. The van der Waals surface area contributed by atoms with Crippen LogP contribution in [0.5, 0.6) is 11.5 Å². The standard InChI is InChI=1S/C23H25N5O4S/c1-4-31-17-11-9-16(10-12-17)24-20(29)14-33-23-26-25-22(27(23)3)15(2)28-18-7-5-6-8-19(18)32-13-21(28)30/h5-12,15H,4,13-14H2,1-3H3,(H,24,29)/t15-/m0/s1. The average Bonchev–Trinajstić information content (AvgIpc) is 3.19. The van der Waals surface area contributed by atoms with E-state index < -0.39 is 0 Å². The van der Waals surface area contributed by atoms with Crippen molar-refractivity contribution in [2.24, 2.45) is 7.05 Å². The first-order valence-electron chi connectivity index (χ1n) is 10.6. The molecule has 33 heavy (non-hydrogen) atoms. The first-order valence-corrected chi connectivity index (χ1v) is 11.5. The molecule has 1 N–H and O–H groups in total. The number of benzene rings is 2. The Morgan fingerprint density at radius 1 is 1.21 bits per heavy atom. The van der Waals surface area contributed by atoms with Gasteiger partial charge in [-0.3, -0.25) is 14.5 Å². The summed E-state index contributed by atoms with van der Waals surface area (Å²) in [6.45, 7) is 4.39. The topological polar surface area (TPSA) is 98.6 Å². The molecule has 0 saturated carbocycles. The molecule has 1 aliphatic heterocycles. The monoisotopic (exact) mass is 467 g/mol. The normalized spacial score (nSPS) is 13.8. The first-order chi connectivity index (χ1) is 16.0. The van der Waals surface area contributed by atoms with E-state index in [4.69, 9.17) is 9.47 Å². The van der Waals surface area contributed by atoms with Gasteiger partial charge in [-0.05, 0) is 50.2 Å². The Morgan fingerprint density at radius 2 is 1.97 bits per heavy atom. The highest BCUT2D eigenvalue weighted by Crippen LogP contribution is 2.37. The Kier molecular flexibility index (Phi) is 6.83. The van der Waals surface area contributed by atoms with Crippen molar-refractivity contribution in [3.63, 3.8) is 0 Å². The fourth-order valence-electron chi connectivity index (χ4n) is 3.61. The van der Waals surface area contributed by atoms with Crippen LogP contribution >= 0.6 is 11.8 Å². The number of anilines is 2. The molecule has 0 unspecified atom stereocenters. The largest absolute Gasteiger partial charge is 0.494 e. The maximum Gasteiger partial charge on any atom is 0.265 e. The summed E-state index contributed by atoms with van der Waals surface area (Å²) < 4.78 is 12.8.